The van der Waals surface area contributed by atoms with E-state index in [1.165, 1.54) is 12.6 Å². The van der Waals surface area contributed by atoms with E-state index >= 15 is 0 Å². The predicted molar refractivity (Wildman–Crippen MR) is 44.0 cm³/mol. The Morgan fingerprint density at radius 3 is 3.00 bits per heavy atom. The standard InChI is InChI=1S/C9H13NO/c1-2-3-5-9-6-4-7-10(11)8-9/h4,6-8H,2-3,5H2,1H3. The Hall–Kier alpha value is -1.05. The van der Waals surface area contributed by atoms with Crippen LogP contribution in [-0.4, -0.2) is 0 Å². The zero-order chi connectivity index (χ0) is 8.10. The normalized spacial score (nSPS) is 9.91. The first-order chi connectivity index (χ1) is 5.33. The average Bonchev–Trinajstić information content (AvgIpc) is 2.01. The van der Waals surface area contributed by atoms with Gasteiger partial charge in [0.25, 0.3) is 0 Å². The second kappa shape index (κ2) is 3.96. The lowest BCUT2D eigenvalue weighted by Gasteiger charge is -1.98. The van der Waals surface area contributed by atoms with E-state index < -0.39 is 0 Å². The molecule has 0 aliphatic heterocycles. The molecule has 1 aromatic heterocycles. The van der Waals surface area contributed by atoms with E-state index in [4.69, 9.17) is 0 Å². The van der Waals surface area contributed by atoms with Crippen LogP contribution in [0.5, 0.6) is 0 Å². The number of unbranched alkanes of at least 4 members (excludes halogenated alkanes) is 1. The first-order valence-electron chi connectivity index (χ1n) is 4.00. The molecule has 0 N–H and O–H groups in total. The number of hydrogen-bond donors (Lipinski definition) is 0. The fraction of sp³-hybridized carbons (Fsp3) is 0.444. The van der Waals surface area contributed by atoms with Crippen LogP contribution in [0.15, 0.2) is 24.5 Å². The summed E-state index contributed by atoms with van der Waals surface area (Å²) in [4.78, 5) is 0. The number of aromatic nitrogens is 1. The molecule has 1 heterocycles. The summed E-state index contributed by atoms with van der Waals surface area (Å²) in [6.07, 6.45) is 6.49. The van der Waals surface area contributed by atoms with E-state index in [1.54, 1.807) is 12.3 Å². The molecular weight excluding hydrogens is 138 g/mol. The van der Waals surface area contributed by atoms with Crippen LogP contribution in [0.4, 0.5) is 0 Å². The number of aryl methyl sites for hydroxylation is 1. The van der Waals surface area contributed by atoms with Crippen LogP contribution in [0.3, 0.4) is 0 Å². The Labute approximate surface area is 67.1 Å². The van der Waals surface area contributed by atoms with Gasteiger partial charge in [-0.2, -0.15) is 4.73 Å². The highest BCUT2D eigenvalue weighted by Gasteiger charge is 1.94. The number of pyridine rings is 1. The van der Waals surface area contributed by atoms with Crippen molar-refractivity contribution in [3.63, 3.8) is 0 Å². The van der Waals surface area contributed by atoms with Crippen LogP contribution in [0.2, 0.25) is 0 Å². The lowest BCUT2D eigenvalue weighted by Crippen LogP contribution is -2.24. The highest BCUT2D eigenvalue weighted by Crippen LogP contribution is 2.00. The minimum atomic E-state index is 0.852. The Kier molecular flexibility index (Phi) is 2.90. The molecule has 0 spiro atoms. The number of rotatable bonds is 3. The van der Waals surface area contributed by atoms with Crippen molar-refractivity contribution in [2.24, 2.45) is 0 Å². The molecular formula is C9H13NO. The summed E-state index contributed by atoms with van der Waals surface area (Å²) in [5.74, 6) is 0. The fourth-order valence-electron chi connectivity index (χ4n) is 1.03. The van der Waals surface area contributed by atoms with Crippen molar-refractivity contribution in [1.82, 2.24) is 0 Å². The molecule has 0 aromatic carbocycles. The van der Waals surface area contributed by atoms with E-state index in [0.29, 0.717) is 0 Å². The number of hydrogen-bond acceptors (Lipinski definition) is 1. The largest absolute Gasteiger partial charge is 0.619 e. The quantitative estimate of drug-likeness (QED) is 0.476. The molecule has 11 heavy (non-hydrogen) atoms. The summed E-state index contributed by atoms with van der Waals surface area (Å²) >= 11 is 0. The zero-order valence-corrected chi connectivity index (χ0v) is 6.79. The van der Waals surface area contributed by atoms with Gasteiger partial charge in [-0.15, -0.1) is 0 Å². The Bertz CT molecular complexity index is 223. The molecule has 2 nitrogen and oxygen atoms in total. The predicted octanol–water partition coefficient (Wildman–Crippen LogP) is 1.66. The van der Waals surface area contributed by atoms with Gasteiger partial charge < -0.3 is 5.21 Å². The molecule has 1 rings (SSSR count). The zero-order valence-electron chi connectivity index (χ0n) is 6.79. The molecule has 0 saturated heterocycles. The SMILES string of the molecule is CCCCc1ccc[n+]([O-])c1. The second-order valence-corrected chi connectivity index (χ2v) is 2.68. The molecule has 0 unspecified atom stereocenters. The molecule has 0 radical (unpaired) electrons. The average molecular weight is 151 g/mol. The minimum Gasteiger partial charge on any atom is -0.619 e. The van der Waals surface area contributed by atoms with Gasteiger partial charge in [0.15, 0.2) is 12.4 Å². The summed E-state index contributed by atoms with van der Waals surface area (Å²) in [6.45, 7) is 2.15. The summed E-state index contributed by atoms with van der Waals surface area (Å²) in [5.41, 5.74) is 1.13. The summed E-state index contributed by atoms with van der Waals surface area (Å²) in [6, 6.07) is 3.78. The van der Waals surface area contributed by atoms with Crippen LogP contribution in [0.1, 0.15) is 25.3 Å². The molecule has 1 aromatic rings. The van der Waals surface area contributed by atoms with Gasteiger partial charge in [0.05, 0.1) is 0 Å². The third-order valence-corrected chi connectivity index (χ3v) is 1.66. The third kappa shape index (κ3) is 2.58. The molecule has 2 heteroatoms. The van der Waals surface area contributed by atoms with Gasteiger partial charge in [0, 0.05) is 11.6 Å². The van der Waals surface area contributed by atoms with E-state index in [0.717, 1.165) is 23.1 Å². The maximum atomic E-state index is 10.8. The fourth-order valence-corrected chi connectivity index (χ4v) is 1.03. The Morgan fingerprint density at radius 1 is 1.55 bits per heavy atom. The van der Waals surface area contributed by atoms with Gasteiger partial charge in [0.2, 0.25) is 0 Å². The van der Waals surface area contributed by atoms with Crippen LogP contribution >= 0.6 is 0 Å². The lowest BCUT2D eigenvalue weighted by atomic mass is 10.1. The van der Waals surface area contributed by atoms with E-state index in [9.17, 15) is 5.21 Å². The first kappa shape index (κ1) is 8.05. The second-order valence-electron chi connectivity index (χ2n) is 2.68. The summed E-state index contributed by atoms with van der Waals surface area (Å²) in [5, 5.41) is 10.8. The van der Waals surface area contributed by atoms with Gasteiger partial charge in [0.1, 0.15) is 0 Å². The van der Waals surface area contributed by atoms with Crippen LogP contribution in [0, 0.1) is 5.21 Å². The van der Waals surface area contributed by atoms with Gasteiger partial charge in [-0.1, -0.05) is 13.3 Å². The molecule has 0 bridgehead atoms. The highest BCUT2D eigenvalue weighted by atomic mass is 16.5. The summed E-state index contributed by atoms with van der Waals surface area (Å²) < 4.78 is 0.852. The summed E-state index contributed by atoms with van der Waals surface area (Å²) in [7, 11) is 0. The minimum absolute atomic E-state index is 0.852. The van der Waals surface area contributed by atoms with Gasteiger partial charge in [-0.25, -0.2) is 0 Å². The van der Waals surface area contributed by atoms with Gasteiger partial charge in [-0.3, -0.25) is 0 Å². The molecule has 0 aliphatic rings. The van der Waals surface area contributed by atoms with Crippen molar-refractivity contribution >= 4 is 0 Å². The molecule has 60 valence electrons. The van der Waals surface area contributed by atoms with E-state index in [1.807, 2.05) is 6.07 Å². The monoisotopic (exact) mass is 151 g/mol. The van der Waals surface area contributed by atoms with Crippen molar-refractivity contribution in [2.75, 3.05) is 0 Å². The van der Waals surface area contributed by atoms with Crippen LogP contribution < -0.4 is 4.73 Å². The Morgan fingerprint density at radius 2 is 2.36 bits per heavy atom. The lowest BCUT2D eigenvalue weighted by molar-refractivity contribution is -0.605. The van der Waals surface area contributed by atoms with Crippen molar-refractivity contribution in [3.8, 4) is 0 Å². The number of nitrogens with zero attached hydrogens (tertiary/aromatic N) is 1. The maximum absolute atomic E-state index is 10.8. The van der Waals surface area contributed by atoms with Crippen molar-refractivity contribution < 1.29 is 4.73 Å². The maximum Gasteiger partial charge on any atom is 0.183 e. The van der Waals surface area contributed by atoms with E-state index in [2.05, 4.69) is 6.92 Å². The molecule has 0 amide bonds. The molecule has 0 fully saturated rings. The smallest absolute Gasteiger partial charge is 0.183 e. The molecule has 0 saturated carbocycles. The van der Waals surface area contributed by atoms with Crippen LogP contribution in [0.25, 0.3) is 0 Å². The first-order valence-corrected chi connectivity index (χ1v) is 4.00. The van der Waals surface area contributed by atoms with Crippen molar-refractivity contribution in [1.29, 1.82) is 0 Å². The molecule has 0 atom stereocenters. The van der Waals surface area contributed by atoms with Crippen molar-refractivity contribution in [3.05, 3.63) is 35.3 Å². The Balaban J connectivity index is 2.56. The van der Waals surface area contributed by atoms with Crippen LogP contribution in [-0.2, 0) is 6.42 Å². The highest BCUT2D eigenvalue weighted by molar-refractivity contribution is 5.05. The topological polar surface area (TPSA) is 26.9 Å². The van der Waals surface area contributed by atoms with Gasteiger partial charge >= 0.3 is 0 Å². The molecule has 0 aliphatic carbocycles. The van der Waals surface area contributed by atoms with Gasteiger partial charge in [-0.05, 0) is 18.9 Å². The third-order valence-electron chi connectivity index (χ3n) is 1.66. The van der Waals surface area contributed by atoms with Crippen molar-refractivity contribution in [2.45, 2.75) is 26.2 Å². The van der Waals surface area contributed by atoms with E-state index in [-0.39, 0.29) is 0 Å².